The molecule has 1 aliphatic heterocycles. The first-order valence-corrected chi connectivity index (χ1v) is 10.9. The molecule has 35 heavy (non-hydrogen) atoms. The molecule has 9 nitrogen and oxygen atoms in total. The van der Waals surface area contributed by atoms with Crippen LogP contribution in [0, 0.1) is 17.8 Å². The first kappa shape index (κ1) is 22.2. The van der Waals surface area contributed by atoms with Gasteiger partial charge >= 0.3 is 5.91 Å². The lowest BCUT2D eigenvalue weighted by Crippen LogP contribution is -2.40. The van der Waals surface area contributed by atoms with Crippen LogP contribution in [0.5, 0.6) is 5.75 Å². The smallest absolute Gasteiger partial charge is 0.304 e. The zero-order valence-electron chi connectivity index (χ0n) is 19.1. The van der Waals surface area contributed by atoms with Crippen molar-refractivity contribution in [3.05, 3.63) is 60.2 Å². The van der Waals surface area contributed by atoms with Crippen LogP contribution in [-0.4, -0.2) is 56.3 Å². The standard InChI is InChI=1S/C25H22FN7O2/c1-31(2)8-7-21(35)32-13-18(10-15-5-3-4-6-20(15)32)33-25-22(24(27)28-14-29-25)23(30-33)16-9-17(26)12-19(34)11-16/h3-6,9,11-12,14,18,34H,10,13H2,1-2H3,(H2,27,28,29). The first-order chi connectivity index (χ1) is 16.8. The molecule has 0 saturated heterocycles. The van der Waals surface area contributed by atoms with Crippen molar-refractivity contribution >= 4 is 28.4 Å². The number of rotatable bonds is 2. The van der Waals surface area contributed by atoms with Gasteiger partial charge in [-0.05, 0) is 30.2 Å². The minimum Gasteiger partial charge on any atom is -0.508 e. The van der Waals surface area contributed by atoms with Crippen molar-refractivity contribution in [2.75, 3.05) is 31.3 Å². The third-order valence-electron chi connectivity index (χ3n) is 5.78. The van der Waals surface area contributed by atoms with E-state index in [0.29, 0.717) is 35.3 Å². The fraction of sp³-hybridized carbons (Fsp3) is 0.200. The number of nitrogens with two attached hydrogens (primary N) is 1. The van der Waals surface area contributed by atoms with Crippen LogP contribution in [0.2, 0.25) is 0 Å². The number of carbonyl (C=O) groups is 1. The van der Waals surface area contributed by atoms with Crippen molar-refractivity contribution in [1.29, 1.82) is 0 Å². The highest BCUT2D eigenvalue weighted by Gasteiger charge is 2.31. The van der Waals surface area contributed by atoms with E-state index < -0.39 is 5.82 Å². The van der Waals surface area contributed by atoms with E-state index in [1.807, 2.05) is 24.3 Å². The zero-order valence-corrected chi connectivity index (χ0v) is 19.1. The van der Waals surface area contributed by atoms with Crippen LogP contribution >= 0.6 is 0 Å². The van der Waals surface area contributed by atoms with Gasteiger partial charge in [0.25, 0.3) is 0 Å². The van der Waals surface area contributed by atoms with Crippen molar-refractivity contribution in [2.24, 2.45) is 0 Å². The van der Waals surface area contributed by atoms with Gasteiger partial charge in [-0.3, -0.25) is 9.69 Å². The number of hydrogen-bond acceptors (Lipinski definition) is 7. The molecule has 3 N–H and O–H groups in total. The second kappa shape index (κ2) is 8.61. The summed E-state index contributed by atoms with van der Waals surface area (Å²) in [7, 11) is 3.53. The Bertz CT molecular complexity index is 1500. The van der Waals surface area contributed by atoms with Gasteiger partial charge in [-0.15, -0.1) is 0 Å². The molecule has 0 fully saturated rings. The van der Waals surface area contributed by atoms with Crippen LogP contribution < -0.4 is 10.6 Å². The molecule has 2 aromatic heterocycles. The number of phenols is 1. The Kier molecular flexibility index (Phi) is 5.45. The highest BCUT2D eigenvalue weighted by atomic mass is 19.1. The lowest BCUT2D eigenvalue weighted by molar-refractivity contribution is -0.113. The van der Waals surface area contributed by atoms with Crippen LogP contribution in [0.3, 0.4) is 0 Å². The van der Waals surface area contributed by atoms with Crippen molar-refractivity contribution in [3.8, 4) is 29.0 Å². The Morgan fingerprint density at radius 1 is 1.23 bits per heavy atom. The Morgan fingerprint density at radius 2 is 2.03 bits per heavy atom. The van der Waals surface area contributed by atoms with Crippen LogP contribution in [0.4, 0.5) is 15.9 Å². The largest absolute Gasteiger partial charge is 0.508 e. The summed E-state index contributed by atoms with van der Waals surface area (Å²) in [5, 5.41) is 15.1. The third-order valence-corrected chi connectivity index (χ3v) is 5.78. The number of aromatic hydroxyl groups is 1. The molecule has 0 radical (unpaired) electrons. The molecule has 0 spiro atoms. The fourth-order valence-electron chi connectivity index (χ4n) is 4.32. The van der Waals surface area contributed by atoms with E-state index in [0.717, 1.165) is 17.3 Å². The maximum Gasteiger partial charge on any atom is 0.304 e. The number of nitrogen functional groups attached to an aromatic ring is 1. The summed E-state index contributed by atoms with van der Waals surface area (Å²) in [5.74, 6) is 1.67. The molecular formula is C25H22FN7O2. The summed E-state index contributed by atoms with van der Waals surface area (Å²) in [6.45, 7) is 0.298. The highest BCUT2D eigenvalue weighted by Crippen LogP contribution is 2.37. The second-order valence-corrected chi connectivity index (χ2v) is 8.48. The predicted molar refractivity (Wildman–Crippen MR) is 130 cm³/mol. The van der Waals surface area contributed by atoms with Gasteiger partial charge in [-0.2, -0.15) is 5.10 Å². The summed E-state index contributed by atoms with van der Waals surface area (Å²) in [4.78, 5) is 24.8. The van der Waals surface area contributed by atoms with Crippen molar-refractivity contribution in [2.45, 2.75) is 12.5 Å². The monoisotopic (exact) mass is 471 g/mol. The Morgan fingerprint density at radius 3 is 2.80 bits per heavy atom. The average molecular weight is 471 g/mol. The summed E-state index contributed by atoms with van der Waals surface area (Å²) >= 11 is 0. The number of benzene rings is 2. The van der Waals surface area contributed by atoms with Gasteiger partial charge in [-0.1, -0.05) is 18.2 Å². The number of amides is 1. The van der Waals surface area contributed by atoms with E-state index in [9.17, 15) is 14.3 Å². The van der Waals surface area contributed by atoms with Crippen LogP contribution in [-0.2, 0) is 11.2 Å². The quantitative estimate of drug-likeness (QED) is 0.341. The normalized spacial score (nSPS) is 14.8. The molecular weight excluding hydrogens is 449 g/mol. The topological polar surface area (TPSA) is 113 Å². The van der Waals surface area contributed by atoms with E-state index in [2.05, 4.69) is 21.9 Å². The maximum atomic E-state index is 14.1. The Hall–Kier alpha value is -4.65. The van der Waals surface area contributed by atoms with Crippen molar-refractivity contribution in [1.82, 2.24) is 24.6 Å². The molecule has 176 valence electrons. The first-order valence-electron chi connectivity index (χ1n) is 10.9. The molecule has 0 aliphatic carbocycles. The molecule has 0 bridgehead atoms. The number of aromatic nitrogens is 4. The van der Waals surface area contributed by atoms with E-state index in [1.54, 1.807) is 28.6 Å². The number of fused-ring (bicyclic) bond motifs is 2. The molecule has 2 aromatic carbocycles. The number of hydrogen-bond donors (Lipinski definition) is 2. The second-order valence-electron chi connectivity index (χ2n) is 8.48. The lowest BCUT2D eigenvalue weighted by atomic mass is 9.98. The van der Waals surface area contributed by atoms with Gasteiger partial charge < -0.3 is 15.7 Å². The number of anilines is 2. The Labute approximate surface area is 200 Å². The molecule has 1 amide bonds. The number of halogens is 1. The minimum absolute atomic E-state index is 0.181. The van der Waals surface area contributed by atoms with Gasteiger partial charge in [0.2, 0.25) is 0 Å². The average Bonchev–Trinajstić information content (AvgIpc) is 3.22. The molecule has 1 unspecified atom stereocenters. The van der Waals surface area contributed by atoms with Crippen molar-refractivity contribution in [3.63, 3.8) is 0 Å². The zero-order chi connectivity index (χ0) is 24.7. The van der Waals surface area contributed by atoms with E-state index in [1.165, 1.54) is 18.5 Å². The summed E-state index contributed by atoms with van der Waals surface area (Å²) in [6, 6.07) is 13.8. The molecule has 5 rings (SSSR count). The molecule has 1 aliphatic rings. The lowest BCUT2D eigenvalue weighted by Gasteiger charge is -2.33. The number of para-hydroxylation sites is 1. The third kappa shape index (κ3) is 4.08. The summed E-state index contributed by atoms with van der Waals surface area (Å²) in [6.07, 6.45) is 1.92. The highest BCUT2D eigenvalue weighted by molar-refractivity contribution is 6.06. The summed E-state index contributed by atoms with van der Waals surface area (Å²) in [5.41, 5.74) is 9.07. The van der Waals surface area contributed by atoms with Crippen molar-refractivity contribution < 1.29 is 14.3 Å². The van der Waals surface area contributed by atoms with Crippen LogP contribution in [0.15, 0.2) is 48.8 Å². The summed E-state index contributed by atoms with van der Waals surface area (Å²) < 4.78 is 15.8. The van der Waals surface area contributed by atoms with Gasteiger partial charge in [0, 0.05) is 49.9 Å². The van der Waals surface area contributed by atoms with E-state index >= 15 is 0 Å². The maximum absolute atomic E-state index is 14.1. The Balaban J connectivity index is 1.65. The fourth-order valence-corrected chi connectivity index (χ4v) is 4.32. The van der Waals surface area contributed by atoms with E-state index in [4.69, 9.17) is 10.8 Å². The van der Waals surface area contributed by atoms with Crippen LogP contribution in [0.1, 0.15) is 11.6 Å². The molecule has 10 heteroatoms. The number of phenolic OH excluding ortho intramolecular Hbond substituents is 1. The number of nitrogens with zero attached hydrogens (tertiary/aromatic N) is 6. The molecule has 4 aromatic rings. The predicted octanol–water partition coefficient (Wildman–Crippen LogP) is 2.57. The van der Waals surface area contributed by atoms with Gasteiger partial charge in [0.05, 0.1) is 11.4 Å². The SMILES string of the molecule is CN(C)C#CC(=O)N1CC(n2nc(-c3cc(O)cc(F)c3)c3c(N)ncnc32)Cc2ccccc21. The van der Waals surface area contributed by atoms with Gasteiger partial charge in [0.1, 0.15) is 29.4 Å². The molecule has 0 saturated carbocycles. The minimum atomic E-state index is -0.610. The van der Waals surface area contributed by atoms with Crippen LogP contribution in [0.25, 0.3) is 22.3 Å². The molecule has 1 atom stereocenters. The number of carbonyl (C=O) groups excluding carboxylic acids is 1. The van der Waals surface area contributed by atoms with E-state index in [-0.39, 0.29) is 23.5 Å². The molecule has 3 heterocycles. The van der Waals surface area contributed by atoms with Gasteiger partial charge in [-0.25, -0.2) is 19.0 Å². The van der Waals surface area contributed by atoms with Gasteiger partial charge in [0.15, 0.2) is 5.65 Å².